The number of piperidine rings is 1. The van der Waals surface area contributed by atoms with Crippen molar-refractivity contribution < 1.29 is 9.53 Å². The monoisotopic (exact) mass is 330 g/mol. The van der Waals surface area contributed by atoms with Gasteiger partial charge in [-0.2, -0.15) is 0 Å². The molecule has 24 heavy (non-hydrogen) atoms. The van der Waals surface area contributed by atoms with Crippen LogP contribution in [0, 0.1) is 11.8 Å². The first kappa shape index (κ1) is 17.3. The van der Waals surface area contributed by atoms with Crippen LogP contribution in [0.25, 0.3) is 0 Å². The molecule has 0 spiro atoms. The summed E-state index contributed by atoms with van der Waals surface area (Å²) in [5.74, 6) is 2.07. The summed E-state index contributed by atoms with van der Waals surface area (Å²) in [4.78, 5) is 12.3. The second-order valence-electron chi connectivity index (χ2n) is 7.77. The van der Waals surface area contributed by atoms with E-state index in [9.17, 15) is 4.79 Å². The van der Waals surface area contributed by atoms with Crippen molar-refractivity contribution in [3.63, 3.8) is 0 Å². The van der Waals surface area contributed by atoms with Crippen LogP contribution >= 0.6 is 0 Å². The molecule has 1 aromatic rings. The molecule has 1 aromatic carbocycles. The van der Waals surface area contributed by atoms with Crippen molar-refractivity contribution in [1.29, 1.82) is 0 Å². The number of amides is 1. The molecule has 1 amide bonds. The largest absolute Gasteiger partial charge is 0.493 e. The van der Waals surface area contributed by atoms with Crippen molar-refractivity contribution in [2.45, 2.75) is 64.6 Å². The van der Waals surface area contributed by atoms with Crippen molar-refractivity contribution in [1.82, 2.24) is 10.6 Å². The molecule has 0 saturated carbocycles. The van der Waals surface area contributed by atoms with Gasteiger partial charge in [-0.1, -0.05) is 32.0 Å². The van der Waals surface area contributed by atoms with E-state index in [0.717, 1.165) is 24.2 Å². The van der Waals surface area contributed by atoms with E-state index in [0.29, 0.717) is 43.5 Å². The Balaban J connectivity index is 1.47. The Morgan fingerprint density at radius 2 is 1.96 bits per heavy atom. The number of hydrogen-bond donors (Lipinski definition) is 2. The number of nitrogens with one attached hydrogen (secondary N) is 2. The van der Waals surface area contributed by atoms with Gasteiger partial charge in [0, 0.05) is 30.6 Å². The number of benzene rings is 1. The van der Waals surface area contributed by atoms with Gasteiger partial charge in [-0.3, -0.25) is 4.79 Å². The Labute approximate surface area is 145 Å². The topological polar surface area (TPSA) is 50.4 Å². The van der Waals surface area contributed by atoms with Crippen LogP contribution < -0.4 is 15.4 Å². The number of carbonyl (C=O) groups excluding carboxylic acids is 1. The number of ether oxygens (including phenoxy) is 1. The summed E-state index contributed by atoms with van der Waals surface area (Å²) in [5, 5.41) is 6.72. The lowest BCUT2D eigenvalue weighted by Crippen LogP contribution is -2.39. The van der Waals surface area contributed by atoms with Gasteiger partial charge < -0.3 is 15.4 Å². The predicted octanol–water partition coefficient (Wildman–Crippen LogP) is 3.26. The van der Waals surface area contributed by atoms with E-state index in [2.05, 4.69) is 24.5 Å². The number of rotatable bonds is 7. The molecule has 0 radical (unpaired) electrons. The minimum Gasteiger partial charge on any atom is -0.493 e. The maximum Gasteiger partial charge on any atom is 0.220 e. The third kappa shape index (κ3) is 4.73. The van der Waals surface area contributed by atoms with Crippen LogP contribution in [0.5, 0.6) is 5.75 Å². The van der Waals surface area contributed by atoms with Crippen molar-refractivity contribution >= 4 is 5.91 Å². The molecule has 2 bridgehead atoms. The van der Waals surface area contributed by atoms with Crippen molar-refractivity contribution in [3.8, 4) is 5.75 Å². The third-order valence-corrected chi connectivity index (χ3v) is 5.07. The maximum atomic E-state index is 12.3. The first-order valence-corrected chi connectivity index (χ1v) is 9.33. The van der Waals surface area contributed by atoms with Crippen LogP contribution in [-0.2, 0) is 11.3 Å². The van der Waals surface area contributed by atoms with Gasteiger partial charge in [0.15, 0.2) is 0 Å². The van der Waals surface area contributed by atoms with E-state index in [1.807, 2.05) is 24.3 Å². The zero-order valence-corrected chi connectivity index (χ0v) is 14.9. The molecule has 4 heteroatoms. The fraction of sp³-hybridized carbons (Fsp3) is 0.650. The first-order valence-electron chi connectivity index (χ1n) is 9.33. The highest BCUT2D eigenvalue weighted by molar-refractivity contribution is 5.76. The minimum absolute atomic E-state index is 0.167. The highest BCUT2D eigenvalue weighted by Gasteiger charge is 2.34. The third-order valence-electron chi connectivity index (χ3n) is 5.07. The molecule has 0 aromatic heterocycles. The Morgan fingerprint density at radius 3 is 2.67 bits per heavy atom. The summed E-state index contributed by atoms with van der Waals surface area (Å²) in [7, 11) is 0. The predicted molar refractivity (Wildman–Crippen MR) is 95.9 cm³/mol. The molecule has 3 rings (SSSR count). The molecule has 0 aliphatic carbocycles. The normalized spacial score (nSPS) is 25.7. The van der Waals surface area contributed by atoms with Gasteiger partial charge in [-0.05, 0) is 43.6 Å². The molecular weight excluding hydrogens is 300 g/mol. The standard InChI is InChI=1S/C20H30N2O2/c1-14(2)13-24-19-6-4-3-5-16(19)12-21-20(23)11-15-9-17-7-8-18(10-15)22-17/h3-6,14-15,17-18,22H,7-13H2,1-2H3,(H,21,23). The lowest BCUT2D eigenvalue weighted by molar-refractivity contribution is -0.122. The summed E-state index contributed by atoms with van der Waals surface area (Å²) >= 11 is 0. The van der Waals surface area contributed by atoms with Crippen LogP contribution in [0.1, 0.15) is 51.5 Å². The molecule has 132 valence electrons. The maximum absolute atomic E-state index is 12.3. The zero-order chi connectivity index (χ0) is 16.9. The number of carbonyl (C=O) groups is 1. The highest BCUT2D eigenvalue weighted by Crippen LogP contribution is 2.32. The molecule has 2 aliphatic heterocycles. The van der Waals surface area contributed by atoms with E-state index < -0.39 is 0 Å². The van der Waals surface area contributed by atoms with Crippen LogP contribution in [0.3, 0.4) is 0 Å². The highest BCUT2D eigenvalue weighted by atomic mass is 16.5. The Hall–Kier alpha value is -1.55. The Bertz CT molecular complexity index is 546. The first-order chi connectivity index (χ1) is 11.6. The summed E-state index contributed by atoms with van der Waals surface area (Å²) in [5.41, 5.74) is 1.05. The lowest BCUT2D eigenvalue weighted by atomic mass is 9.89. The summed E-state index contributed by atoms with van der Waals surface area (Å²) in [6, 6.07) is 9.27. The molecule has 2 heterocycles. The van der Waals surface area contributed by atoms with Crippen LogP contribution in [0.2, 0.25) is 0 Å². The summed E-state index contributed by atoms with van der Waals surface area (Å²) < 4.78 is 5.86. The van der Waals surface area contributed by atoms with Crippen molar-refractivity contribution in [2.75, 3.05) is 6.61 Å². The summed E-state index contributed by atoms with van der Waals surface area (Å²) in [6.07, 6.45) is 5.52. The molecule has 4 nitrogen and oxygen atoms in total. The zero-order valence-electron chi connectivity index (χ0n) is 14.9. The van der Waals surface area contributed by atoms with Gasteiger partial charge in [0.1, 0.15) is 5.75 Å². The molecule has 2 N–H and O–H groups in total. The number of hydrogen-bond acceptors (Lipinski definition) is 3. The van der Waals surface area contributed by atoms with E-state index >= 15 is 0 Å². The van der Waals surface area contributed by atoms with E-state index in [1.165, 1.54) is 12.8 Å². The molecule has 2 saturated heterocycles. The number of para-hydroxylation sites is 1. The second-order valence-corrected chi connectivity index (χ2v) is 7.77. The average molecular weight is 330 g/mol. The number of fused-ring (bicyclic) bond motifs is 2. The van der Waals surface area contributed by atoms with E-state index in [4.69, 9.17) is 4.74 Å². The Kier molecular flexibility index (Phi) is 5.77. The van der Waals surface area contributed by atoms with Gasteiger partial charge in [0.05, 0.1) is 6.61 Å². The van der Waals surface area contributed by atoms with Crippen molar-refractivity contribution in [3.05, 3.63) is 29.8 Å². The fourth-order valence-electron chi connectivity index (χ4n) is 3.92. The van der Waals surface area contributed by atoms with Gasteiger partial charge >= 0.3 is 0 Å². The van der Waals surface area contributed by atoms with Gasteiger partial charge in [0.2, 0.25) is 5.91 Å². The summed E-state index contributed by atoms with van der Waals surface area (Å²) in [6.45, 7) is 5.51. The van der Waals surface area contributed by atoms with E-state index in [-0.39, 0.29) is 5.91 Å². The Morgan fingerprint density at radius 1 is 1.25 bits per heavy atom. The smallest absolute Gasteiger partial charge is 0.220 e. The molecule has 2 unspecified atom stereocenters. The quantitative estimate of drug-likeness (QED) is 0.807. The molecule has 2 atom stereocenters. The van der Waals surface area contributed by atoms with Gasteiger partial charge in [-0.25, -0.2) is 0 Å². The van der Waals surface area contributed by atoms with Crippen LogP contribution in [0.15, 0.2) is 24.3 Å². The average Bonchev–Trinajstić information content (AvgIpc) is 2.90. The molecular formula is C20H30N2O2. The van der Waals surface area contributed by atoms with Crippen LogP contribution in [-0.4, -0.2) is 24.6 Å². The molecule has 2 aliphatic rings. The van der Waals surface area contributed by atoms with E-state index in [1.54, 1.807) is 0 Å². The van der Waals surface area contributed by atoms with Gasteiger partial charge in [-0.15, -0.1) is 0 Å². The van der Waals surface area contributed by atoms with Crippen LogP contribution in [0.4, 0.5) is 0 Å². The lowest BCUT2D eigenvalue weighted by Gasteiger charge is -2.28. The van der Waals surface area contributed by atoms with Gasteiger partial charge in [0.25, 0.3) is 0 Å². The fourth-order valence-corrected chi connectivity index (χ4v) is 3.92. The SMILES string of the molecule is CC(C)COc1ccccc1CNC(=O)CC1CC2CCC(C1)N2. The minimum atomic E-state index is 0.167. The molecule has 2 fully saturated rings. The van der Waals surface area contributed by atoms with Crippen molar-refractivity contribution in [2.24, 2.45) is 11.8 Å². The second kappa shape index (κ2) is 8.02.